The van der Waals surface area contributed by atoms with Crippen molar-refractivity contribution in [1.29, 1.82) is 0 Å². The summed E-state index contributed by atoms with van der Waals surface area (Å²) in [7, 11) is 9.27. The van der Waals surface area contributed by atoms with Crippen molar-refractivity contribution < 1.29 is 4.74 Å². The third-order valence-electron chi connectivity index (χ3n) is 2.42. The molecule has 0 aliphatic rings. The first kappa shape index (κ1) is 14.4. The molecule has 0 spiro atoms. The Balaban J connectivity index is 2.82. The quantitative estimate of drug-likeness (QED) is 0.709. The van der Waals surface area contributed by atoms with Crippen molar-refractivity contribution in [2.75, 3.05) is 63.6 Å². The van der Waals surface area contributed by atoms with Crippen molar-refractivity contribution >= 4 is 17.8 Å². The summed E-state index contributed by atoms with van der Waals surface area (Å²) in [6.45, 7) is 1.57. The van der Waals surface area contributed by atoms with Crippen LogP contribution in [0.25, 0.3) is 0 Å². The largest absolute Gasteiger partial charge is 0.385 e. The van der Waals surface area contributed by atoms with E-state index in [4.69, 9.17) is 4.74 Å². The zero-order valence-corrected chi connectivity index (χ0v) is 11.8. The Bertz CT molecular complexity index is 371. The summed E-state index contributed by atoms with van der Waals surface area (Å²) >= 11 is 0. The van der Waals surface area contributed by atoms with Crippen LogP contribution in [0, 0.1) is 0 Å². The van der Waals surface area contributed by atoms with E-state index in [0.717, 1.165) is 19.6 Å². The molecule has 0 bridgehead atoms. The van der Waals surface area contributed by atoms with Crippen LogP contribution in [0.3, 0.4) is 0 Å². The Kier molecular flexibility index (Phi) is 5.57. The molecule has 102 valence electrons. The Morgan fingerprint density at radius 3 is 2.33 bits per heavy atom. The average Bonchev–Trinajstić information content (AvgIpc) is 2.38. The molecule has 0 unspecified atom stereocenters. The van der Waals surface area contributed by atoms with E-state index in [1.165, 1.54) is 0 Å². The van der Waals surface area contributed by atoms with Crippen LogP contribution >= 0.6 is 0 Å². The van der Waals surface area contributed by atoms with Crippen LogP contribution in [-0.4, -0.2) is 63.4 Å². The lowest BCUT2D eigenvalue weighted by atomic mass is 10.4. The smallest absolute Gasteiger partial charge is 0.231 e. The van der Waals surface area contributed by atoms with Crippen molar-refractivity contribution in [1.82, 2.24) is 15.0 Å². The van der Waals surface area contributed by atoms with E-state index in [-0.39, 0.29) is 0 Å². The third kappa shape index (κ3) is 3.99. The molecule has 0 atom stereocenters. The van der Waals surface area contributed by atoms with E-state index < -0.39 is 0 Å². The Morgan fingerprint density at radius 1 is 1.11 bits per heavy atom. The van der Waals surface area contributed by atoms with Gasteiger partial charge in [-0.3, -0.25) is 0 Å². The van der Waals surface area contributed by atoms with Crippen LogP contribution in [0.15, 0.2) is 0 Å². The fourth-order valence-electron chi connectivity index (χ4n) is 1.38. The molecule has 1 N–H and O–H groups in total. The van der Waals surface area contributed by atoms with E-state index in [0.29, 0.717) is 17.8 Å². The molecule has 0 radical (unpaired) electrons. The molecule has 0 fully saturated rings. The van der Waals surface area contributed by atoms with Gasteiger partial charge in [-0.2, -0.15) is 15.0 Å². The molecule has 7 heteroatoms. The minimum absolute atomic E-state index is 0.572. The minimum Gasteiger partial charge on any atom is -0.385 e. The number of rotatable bonds is 7. The van der Waals surface area contributed by atoms with Crippen molar-refractivity contribution in [3.8, 4) is 0 Å². The number of hydrogen-bond donors (Lipinski definition) is 1. The molecule has 1 aromatic rings. The van der Waals surface area contributed by atoms with Gasteiger partial charge in [-0.25, -0.2) is 0 Å². The number of nitrogens with zero attached hydrogens (tertiary/aromatic N) is 5. The Hall–Kier alpha value is -1.63. The van der Waals surface area contributed by atoms with Gasteiger partial charge in [0.15, 0.2) is 0 Å². The summed E-state index contributed by atoms with van der Waals surface area (Å²) in [5.74, 6) is 1.87. The van der Waals surface area contributed by atoms with Gasteiger partial charge in [-0.15, -0.1) is 0 Å². The van der Waals surface area contributed by atoms with Gasteiger partial charge in [-0.1, -0.05) is 0 Å². The minimum atomic E-state index is 0.572. The first-order valence-corrected chi connectivity index (χ1v) is 5.89. The van der Waals surface area contributed by atoms with Crippen LogP contribution < -0.4 is 15.1 Å². The number of aromatic nitrogens is 3. The molecular weight excluding hydrogens is 232 g/mol. The lowest BCUT2D eigenvalue weighted by Crippen LogP contribution is -2.24. The number of nitrogens with one attached hydrogen (secondary N) is 1. The van der Waals surface area contributed by atoms with Gasteiger partial charge >= 0.3 is 0 Å². The summed E-state index contributed by atoms with van der Waals surface area (Å²) in [4.78, 5) is 16.9. The van der Waals surface area contributed by atoms with Crippen molar-refractivity contribution in [2.24, 2.45) is 0 Å². The molecule has 18 heavy (non-hydrogen) atoms. The van der Waals surface area contributed by atoms with Crippen molar-refractivity contribution in [3.63, 3.8) is 0 Å². The van der Waals surface area contributed by atoms with E-state index >= 15 is 0 Å². The molecule has 1 heterocycles. The van der Waals surface area contributed by atoms with Crippen molar-refractivity contribution in [2.45, 2.75) is 6.42 Å². The van der Waals surface area contributed by atoms with E-state index in [1.807, 2.05) is 30.9 Å². The molecule has 0 saturated carbocycles. The molecule has 0 aliphatic heterocycles. The lowest BCUT2D eigenvalue weighted by Gasteiger charge is -2.19. The second kappa shape index (κ2) is 6.95. The molecule has 1 rings (SSSR count). The van der Waals surface area contributed by atoms with Crippen LogP contribution in [0.4, 0.5) is 17.8 Å². The number of hydrogen-bond acceptors (Lipinski definition) is 7. The SMILES string of the molecule is CNc1nc(N(C)C)nc(N(C)CCCOC)n1. The molecule has 0 amide bonds. The molecule has 1 aromatic heterocycles. The second-order valence-electron chi connectivity index (χ2n) is 4.17. The first-order valence-electron chi connectivity index (χ1n) is 5.89. The van der Waals surface area contributed by atoms with Gasteiger partial charge in [-0.05, 0) is 6.42 Å². The average molecular weight is 254 g/mol. The van der Waals surface area contributed by atoms with E-state index in [2.05, 4.69) is 20.3 Å². The van der Waals surface area contributed by atoms with Gasteiger partial charge in [0, 0.05) is 48.5 Å². The molecule has 0 aliphatic carbocycles. The maximum Gasteiger partial charge on any atom is 0.231 e. The third-order valence-corrected chi connectivity index (χ3v) is 2.42. The highest BCUT2D eigenvalue weighted by Crippen LogP contribution is 2.13. The summed E-state index contributed by atoms with van der Waals surface area (Å²) < 4.78 is 5.03. The summed E-state index contributed by atoms with van der Waals surface area (Å²) in [6, 6.07) is 0. The van der Waals surface area contributed by atoms with Gasteiger partial charge < -0.3 is 19.9 Å². The highest BCUT2D eigenvalue weighted by atomic mass is 16.5. The van der Waals surface area contributed by atoms with E-state index in [1.54, 1.807) is 14.2 Å². The topological polar surface area (TPSA) is 66.4 Å². The summed E-state index contributed by atoms with van der Waals surface area (Å²) in [6.07, 6.45) is 0.935. The second-order valence-corrected chi connectivity index (χ2v) is 4.17. The maximum atomic E-state index is 5.03. The summed E-state index contributed by atoms with van der Waals surface area (Å²) in [5, 5.41) is 2.94. The number of ether oxygens (including phenoxy) is 1. The first-order chi connectivity index (χ1) is 8.58. The predicted octanol–water partition coefficient (Wildman–Crippen LogP) is 0.452. The van der Waals surface area contributed by atoms with Crippen LogP contribution in [-0.2, 0) is 4.74 Å². The maximum absolute atomic E-state index is 5.03. The number of anilines is 3. The molecular formula is C11H22N6O. The Morgan fingerprint density at radius 2 is 1.78 bits per heavy atom. The Labute approximate surface area is 108 Å². The van der Waals surface area contributed by atoms with Gasteiger partial charge in [0.05, 0.1) is 0 Å². The monoisotopic (exact) mass is 254 g/mol. The van der Waals surface area contributed by atoms with Crippen LogP contribution in [0.5, 0.6) is 0 Å². The summed E-state index contributed by atoms with van der Waals surface area (Å²) in [5.41, 5.74) is 0. The molecule has 7 nitrogen and oxygen atoms in total. The van der Waals surface area contributed by atoms with Crippen molar-refractivity contribution in [3.05, 3.63) is 0 Å². The lowest BCUT2D eigenvalue weighted by molar-refractivity contribution is 0.196. The standard InChI is InChI=1S/C11H22N6O/c1-12-9-13-10(16(2)3)15-11(14-9)17(4)7-6-8-18-5/h6-8H2,1-5H3,(H,12,13,14,15). The predicted molar refractivity (Wildman–Crippen MR) is 73.5 cm³/mol. The molecule has 0 aromatic carbocycles. The van der Waals surface area contributed by atoms with Gasteiger partial charge in [0.2, 0.25) is 17.8 Å². The fraction of sp³-hybridized carbons (Fsp3) is 0.727. The van der Waals surface area contributed by atoms with Gasteiger partial charge in [0.25, 0.3) is 0 Å². The highest BCUT2D eigenvalue weighted by molar-refractivity contribution is 5.43. The van der Waals surface area contributed by atoms with Crippen LogP contribution in [0.1, 0.15) is 6.42 Å². The van der Waals surface area contributed by atoms with Gasteiger partial charge in [0.1, 0.15) is 0 Å². The zero-order valence-electron chi connectivity index (χ0n) is 11.8. The zero-order chi connectivity index (χ0) is 13.5. The highest BCUT2D eigenvalue weighted by Gasteiger charge is 2.10. The molecule has 0 saturated heterocycles. The fourth-order valence-corrected chi connectivity index (χ4v) is 1.38. The van der Waals surface area contributed by atoms with Crippen LogP contribution in [0.2, 0.25) is 0 Å². The number of methoxy groups -OCH3 is 1. The normalized spacial score (nSPS) is 10.3. The van der Waals surface area contributed by atoms with E-state index in [9.17, 15) is 0 Å².